The Kier molecular flexibility index (Phi) is 4.29. The van der Waals surface area contributed by atoms with E-state index < -0.39 is 6.09 Å². The zero-order valence-electron chi connectivity index (χ0n) is 14.7. The minimum atomic E-state index is -0.899. The van der Waals surface area contributed by atoms with Gasteiger partial charge in [0.25, 0.3) is 0 Å². The number of hydrogen-bond acceptors (Lipinski definition) is 3. The first-order chi connectivity index (χ1) is 11.8. The molecule has 1 unspecified atom stereocenters. The van der Waals surface area contributed by atoms with Gasteiger partial charge < -0.3 is 20.3 Å². The lowest BCUT2D eigenvalue weighted by Crippen LogP contribution is -2.45. The Morgan fingerprint density at radius 1 is 1.28 bits per heavy atom. The Bertz CT molecular complexity index is 831. The van der Waals surface area contributed by atoms with Crippen LogP contribution in [0.15, 0.2) is 41.3 Å². The predicted molar refractivity (Wildman–Crippen MR) is 97.4 cm³/mol. The number of nitrogens with one attached hydrogen (secondary N) is 2. The van der Waals surface area contributed by atoms with Gasteiger partial charge in [0.05, 0.1) is 11.7 Å². The minimum Gasteiger partial charge on any atom is -0.465 e. The van der Waals surface area contributed by atoms with Crippen LogP contribution in [0.4, 0.5) is 16.2 Å². The van der Waals surface area contributed by atoms with Gasteiger partial charge in [-0.25, -0.2) is 4.79 Å². The topological polar surface area (TPSA) is 85.4 Å². The smallest absolute Gasteiger partial charge is 0.407 e. The molecule has 2 heterocycles. The number of benzene rings is 1. The number of carboxylic acid groups (broad SMARTS) is 1. The first kappa shape index (κ1) is 17.1. The zero-order valence-corrected chi connectivity index (χ0v) is 14.7. The molecule has 3 rings (SSSR count). The Morgan fingerprint density at radius 2 is 2.04 bits per heavy atom. The predicted octanol–water partition coefficient (Wildman–Crippen LogP) is 3.74. The van der Waals surface area contributed by atoms with Crippen molar-refractivity contribution in [2.45, 2.75) is 33.2 Å². The molecular weight excluding hydrogens is 318 g/mol. The molecule has 0 aliphatic carbocycles. The van der Waals surface area contributed by atoms with Crippen molar-refractivity contribution in [3.05, 3.63) is 58.0 Å². The second-order valence-electron chi connectivity index (χ2n) is 7.44. The van der Waals surface area contributed by atoms with Crippen molar-refractivity contribution in [2.24, 2.45) is 5.41 Å². The summed E-state index contributed by atoms with van der Waals surface area (Å²) in [5.41, 5.74) is 3.38. The molecule has 6 heteroatoms. The fourth-order valence-electron chi connectivity index (χ4n) is 3.54. The monoisotopic (exact) mass is 341 g/mol. The molecule has 1 amide bonds. The highest BCUT2D eigenvalue weighted by Gasteiger charge is 2.40. The maximum Gasteiger partial charge on any atom is 0.407 e. The SMILES string of the molecule is CC(C)(C)C1c2c(cccc2Nc2ccc(=O)[nH]c2)CCN1C(=O)O. The van der Waals surface area contributed by atoms with E-state index >= 15 is 0 Å². The number of anilines is 2. The standard InChI is InChI=1S/C19H23N3O3/c1-19(2,3)17-16-12(9-10-22(17)18(24)25)5-4-6-14(16)21-13-7-8-15(23)20-11-13/h4-8,11,17,21H,9-10H2,1-3H3,(H,20,23)(H,24,25). The Hall–Kier alpha value is -2.76. The molecule has 1 aromatic carbocycles. The molecule has 0 spiro atoms. The van der Waals surface area contributed by atoms with Gasteiger partial charge in [-0.2, -0.15) is 0 Å². The molecule has 2 aromatic rings. The van der Waals surface area contributed by atoms with E-state index in [-0.39, 0.29) is 17.0 Å². The first-order valence-corrected chi connectivity index (χ1v) is 8.34. The molecule has 1 aliphatic heterocycles. The summed E-state index contributed by atoms with van der Waals surface area (Å²) in [6, 6.07) is 8.91. The molecule has 1 aliphatic rings. The van der Waals surface area contributed by atoms with Gasteiger partial charge in [-0.3, -0.25) is 4.79 Å². The summed E-state index contributed by atoms with van der Waals surface area (Å²) in [5, 5.41) is 13.0. The van der Waals surface area contributed by atoms with Crippen LogP contribution in [-0.2, 0) is 6.42 Å². The number of H-pyrrole nitrogens is 1. The van der Waals surface area contributed by atoms with Gasteiger partial charge in [0.2, 0.25) is 5.56 Å². The summed E-state index contributed by atoms with van der Waals surface area (Å²) in [5.74, 6) is 0. The minimum absolute atomic E-state index is 0.162. The molecule has 25 heavy (non-hydrogen) atoms. The summed E-state index contributed by atoms with van der Waals surface area (Å²) in [7, 11) is 0. The summed E-state index contributed by atoms with van der Waals surface area (Å²) in [6.07, 6.45) is 1.41. The number of carbonyl (C=O) groups is 1. The molecule has 132 valence electrons. The van der Waals surface area contributed by atoms with Gasteiger partial charge in [-0.1, -0.05) is 32.9 Å². The third-order valence-electron chi connectivity index (χ3n) is 4.53. The van der Waals surface area contributed by atoms with Crippen LogP contribution < -0.4 is 10.9 Å². The van der Waals surface area contributed by atoms with Gasteiger partial charge in [-0.15, -0.1) is 0 Å². The van der Waals surface area contributed by atoms with Crippen molar-refractivity contribution in [1.29, 1.82) is 0 Å². The van der Waals surface area contributed by atoms with E-state index in [1.807, 2.05) is 12.1 Å². The molecule has 6 nitrogen and oxygen atoms in total. The largest absolute Gasteiger partial charge is 0.465 e. The highest BCUT2D eigenvalue weighted by atomic mass is 16.4. The average Bonchev–Trinajstić information content (AvgIpc) is 2.55. The molecule has 0 fully saturated rings. The fourth-order valence-corrected chi connectivity index (χ4v) is 3.54. The lowest BCUT2D eigenvalue weighted by Gasteiger charge is -2.44. The Morgan fingerprint density at radius 3 is 2.64 bits per heavy atom. The van der Waals surface area contributed by atoms with Crippen LogP contribution in [0.5, 0.6) is 0 Å². The average molecular weight is 341 g/mol. The van der Waals surface area contributed by atoms with Crippen LogP contribution in [-0.4, -0.2) is 27.6 Å². The van der Waals surface area contributed by atoms with Gasteiger partial charge in [-0.05, 0) is 29.5 Å². The van der Waals surface area contributed by atoms with Crippen molar-refractivity contribution in [2.75, 3.05) is 11.9 Å². The van der Waals surface area contributed by atoms with E-state index in [0.717, 1.165) is 22.5 Å². The zero-order chi connectivity index (χ0) is 18.2. The summed E-state index contributed by atoms with van der Waals surface area (Å²) in [6.45, 7) is 6.66. The number of aromatic nitrogens is 1. The molecule has 3 N–H and O–H groups in total. The number of amides is 1. The van der Waals surface area contributed by atoms with E-state index in [1.54, 1.807) is 12.3 Å². The molecular formula is C19H23N3O3. The number of nitrogens with zero attached hydrogens (tertiary/aromatic N) is 1. The molecule has 0 saturated carbocycles. The number of aromatic amines is 1. The van der Waals surface area contributed by atoms with E-state index in [1.165, 1.54) is 11.0 Å². The van der Waals surface area contributed by atoms with Crippen molar-refractivity contribution in [1.82, 2.24) is 9.88 Å². The highest BCUT2D eigenvalue weighted by molar-refractivity contribution is 5.71. The lowest BCUT2D eigenvalue weighted by molar-refractivity contribution is 0.0763. The third-order valence-corrected chi connectivity index (χ3v) is 4.53. The van der Waals surface area contributed by atoms with E-state index in [9.17, 15) is 14.7 Å². The van der Waals surface area contributed by atoms with Crippen LogP contribution in [0.25, 0.3) is 0 Å². The first-order valence-electron chi connectivity index (χ1n) is 8.34. The highest BCUT2D eigenvalue weighted by Crippen LogP contribution is 2.45. The number of fused-ring (bicyclic) bond motifs is 1. The molecule has 0 saturated heterocycles. The lowest BCUT2D eigenvalue weighted by atomic mass is 9.76. The second-order valence-corrected chi connectivity index (χ2v) is 7.44. The molecule has 0 radical (unpaired) electrons. The van der Waals surface area contributed by atoms with Crippen molar-refractivity contribution < 1.29 is 9.90 Å². The van der Waals surface area contributed by atoms with Crippen molar-refractivity contribution >= 4 is 17.5 Å². The molecule has 0 bridgehead atoms. The van der Waals surface area contributed by atoms with Gasteiger partial charge in [0.15, 0.2) is 0 Å². The van der Waals surface area contributed by atoms with E-state index in [0.29, 0.717) is 13.0 Å². The van der Waals surface area contributed by atoms with Crippen LogP contribution in [0.1, 0.15) is 37.9 Å². The van der Waals surface area contributed by atoms with Gasteiger partial charge >= 0.3 is 6.09 Å². The van der Waals surface area contributed by atoms with Crippen molar-refractivity contribution in [3.8, 4) is 0 Å². The number of rotatable bonds is 2. The van der Waals surface area contributed by atoms with Crippen LogP contribution >= 0.6 is 0 Å². The Balaban J connectivity index is 2.09. The normalized spacial score (nSPS) is 17.1. The summed E-state index contributed by atoms with van der Waals surface area (Å²) in [4.78, 5) is 27.2. The van der Waals surface area contributed by atoms with Crippen LogP contribution in [0.2, 0.25) is 0 Å². The van der Waals surface area contributed by atoms with Crippen LogP contribution in [0, 0.1) is 5.41 Å². The van der Waals surface area contributed by atoms with Gasteiger partial charge in [0.1, 0.15) is 0 Å². The number of hydrogen-bond donors (Lipinski definition) is 3. The van der Waals surface area contributed by atoms with Crippen LogP contribution in [0.3, 0.4) is 0 Å². The van der Waals surface area contributed by atoms with E-state index in [4.69, 9.17) is 0 Å². The maximum atomic E-state index is 11.8. The molecule has 1 atom stereocenters. The van der Waals surface area contributed by atoms with Crippen molar-refractivity contribution in [3.63, 3.8) is 0 Å². The number of pyridine rings is 1. The van der Waals surface area contributed by atoms with Gasteiger partial charge in [0, 0.05) is 30.1 Å². The second kappa shape index (κ2) is 6.27. The van der Waals surface area contributed by atoms with E-state index in [2.05, 4.69) is 37.1 Å². The summed E-state index contributed by atoms with van der Waals surface area (Å²) < 4.78 is 0. The fraction of sp³-hybridized carbons (Fsp3) is 0.368. The molecule has 1 aromatic heterocycles. The maximum absolute atomic E-state index is 11.8. The quantitative estimate of drug-likeness (QED) is 0.777. The summed E-state index contributed by atoms with van der Waals surface area (Å²) >= 11 is 0. The Labute approximate surface area is 146 Å². The third kappa shape index (κ3) is 3.38.